The van der Waals surface area contributed by atoms with E-state index in [1.54, 1.807) is 22.6 Å². The van der Waals surface area contributed by atoms with Gasteiger partial charge < -0.3 is 5.32 Å². The first kappa shape index (κ1) is 16.4. The quantitative estimate of drug-likeness (QED) is 0.853. The number of rotatable bonds is 5. The van der Waals surface area contributed by atoms with Gasteiger partial charge in [0.15, 0.2) is 0 Å². The number of thiophene rings is 1. The van der Waals surface area contributed by atoms with E-state index in [2.05, 4.69) is 34.2 Å². The van der Waals surface area contributed by atoms with Crippen LogP contribution in [0.15, 0.2) is 10.5 Å². The van der Waals surface area contributed by atoms with Gasteiger partial charge in [0, 0.05) is 39.9 Å². The fraction of sp³-hybridized carbons (Fsp3) is 0.692. The summed E-state index contributed by atoms with van der Waals surface area (Å²) in [5.41, 5.74) is 0. The molecule has 0 bridgehead atoms. The van der Waals surface area contributed by atoms with E-state index in [9.17, 15) is 8.42 Å². The van der Waals surface area contributed by atoms with E-state index < -0.39 is 10.0 Å². The molecule has 2 heterocycles. The third-order valence-corrected chi connectivity index (χ3v) is 7.70. The van der Waals surface area contributed by atoms with Crippen LogP contribution in [0.3, 0.4) is 0 Å². The fourth-order valence-electron chi connectivity index (χ4n) is 2.37. The number of nitrogens with zero attached hydrogens (tertiary/aromatic N) is 1. The maximum absolute atomic E-state index is 11.8. The van der Waals surface area contributed by atoms with Crippen LogP contribution in [0.1, 0.15) is 29.5 Å². The molecule has 0 amide bonds. The largest absolute Gasteiger partial charge is 0.309 e. The molecule has 0 unspecified atom stereocenters. The molecule has 1 saturated heterocycles. The zero-order chi connectivity index (χ0) is 14.8. The van der Waals surface area contributed by atoms with Gasteiger partial charge >= 0.3 is 0 Å². The monoisotopic (exact) mass is 380 g/mol. The lowest BCUT2D eigenvalue weighted by atomic mass is 10.1. The van der Waals surface area contributed by atoms with E-state index in [0.29, 0.717) is 19.1 Å². The highest BCUT2D eigenvalue weighted by atomic mass is 79.9. The lowest BCUT2D eigenvalue weighted by molar-refractivity contribution is 0.289. The first-order valence-corrected chi connectivity index (χ1v) is 10.1. The molecule has 0 saturated carbocycles. The Hall–Kier alpha value is 0.0500. The molecule has 4 nitrogen and oxygen atoms in total. The van der Waals surface area contributed by atoms with E-state index in [1.165, 1.54) is 14.2 Å². The second-order valence-corrected chi connectivity index (χ2v) is 9.52. The van der Waals surface area contributed by atoms with Gasteiger partial charge in [-0.25, -0.2) is 12.7 Å². The molecular formula is C13H21BrN2O2S2. The summed E-state index contributed by atoms with van der Waals surface area (Å²) < 4.78 is 26.4. The van der Waals surface area contributed by atoms with Crippen LogP contribution < -0.4 is 5.32 Å². The standard InChI is InChI=1S/C13H21BrN2O2S2/c1-3-20(17,18)16-6-4-11(5-7-16)15-9-12-8-13(14)10(2)19-12/h8,11,15H,3-7,9H2,1-2H3. The van der Waals surface area contributed by atoms with Gasteiger partial charge in [0.2, 0.25) is 10.0 Å². The van der Waals surface area contributed by atoms with Crippen LogP contribution in [-0.2, 0) is 16.6 Å². The number of halogens is 1. The zero-order valence-electron chi connectivity index (χ0n) is 11.9. The van der Waals surface area contributed by atoms with E-state index in [1.807, 2.05) is 0 Å². The molecule has 1 aliphatic rings. The molecule has 1 N–H and O–H groups in total. The Kier molecular flexibility index (Phi) is 5.64. The summed E-state index contributed by atoms with van der Waals surface area (Å²) in [5.74, 6) is 0.202. The normalized spacial score (nSPS) is 18.6. The number of hydrogen-bond acceptors (Lipinski definition) is 4. The van der Waals surface area contributed by atoms with Crippen LogP contribution in [0.4, 0.5) is 0 Å². The molecule has 114 valence electrons. The Bertz CT molecular complexity index is 529. The summed E-state index contributed by atoms with van der Waals surface area (Å²) in [6.07, 6.45) is 1.79. The van der Waals surface area contributed by atoms with Crippen molar-refractivity contribution in [3.05, 3.63) is 20.3 Å². The average molecular weight is 381 g/mol. The molecule has 1 aromatic heterocycles. The zero-order valence-corrected chi connectivity index (χ0v) is 15.1. The second-order valence-electron chi connectivity index (χ2n) is 5.07. The van der Waals surface area contributed by atoms with Crippen LogP contribution in [0.5, 0.6) is 0 Å². The highest BCUT2D eigenvalue weighted by Gasteiger charge is 2.26. The first-order chi connectivity index (χ1) is 9.42. The van der Waals surface area contributed by atoms with E-state index in [0.717, 1.165) is 19.4 Å². The fourth-order valence-corrected chi connectivity index (χ4v) is 5.06. The predicted molar refractivity (Wildman–Crippen MR) is 87.7 cm³/mol. The number of piperidine rings is 1. The van der Waals surface area contributed by atoms with Gasteiger partial charge in [-0.1, -0.05) is 0 Å². The van der Waals surface area contributed by atoms with E-state index in [-0.39, 0.29) is 5.75 Å². The summed E-state index contributed by atoms with van der Waals surface area (Å²) >= 11 is 5.32. The van der Waals surface area contributed by atoms with E-state index >= 15 is 0 Å². The molecule has 0 aromatic carbocycles. The van der Waals surface area contributed by atoms with Crippen LogP contribution in [0, 0.1) is 6.92 Å². The molecule has 7 heteroatoms. The van der Waals surface area contributed by atoms with Crippen molar-refractivity contribution in [1.29, 1.82) is 0 Å². The molecule has 1 aliphatic heterocycles. The molecule has 1 fully saturated rings. The van der Waals surface area contributed by atoms with Crippen molar-refractivity contribution in [2.75, 3.05) is 18.8 Å². The van der Waals surface area contributed by atoms with Gasteiger partial charge in [-0.15, -0.1) is 11.3 Å². The van der Waals surface area contributed by atoms with Gasteiger partial charge in [0.05, 0.1) is 5.75 Å². The second kappa shape index (κ2) is 6.87. The lowest BCUT2D eigenvalue weighted by Gasteiger charge is -2.31. The Morgan fingerprint density at radius 1 is 1.45 bits per heavy atom. The van der Waals surface area contributed by atoms with Gasteiger partial charge in [-0.3, -0.25) is 0 Å². The lowest BCUT2D eigenvalue weighted by Crippen LogP contribution is -2.45. The van der Waals surface area contributed by atoms with Crippen molar-refractivity contribution in [1.82, 2.24) is 9.62 Å². The van der Waals surface area contributed by atoms with Crippen LogP contribution in [0.2, 0.25) is 0 Å². The topological polar surface area (TPSA) is 49.4 Å². The summed E-state index contributed by atoms with van der Waals surface area (Å²) in [6.45, 7) is 5.95. The van der Waals surface area contributed by atoms with Crippen molar-refractivity contribution in [2.24, 2.45) is 0 Å². The van der Waals surface area contributed by atoms with Crippen LogP contribution in [-0.4, -0.2) is 37.6 Å². The number of hydrogen-bond donors (Lipinski definition) is 1. The molecule has 0 radical (unpaired) electrons. The SMILES string of the molecule is CCS(=O)(=O)N1CCC(NCc2cc(Br)c(C)s2)CC1. The smallest absolute Gasteiger partial charge is 0.213 e. The summed E-state index contributed by atoms with van der Waals surface area (Å²) in [4.78, 5) is 2.61. The third-order valence-electron chi connectivity index (χ3n) is 3.69. The number of nitrogens with one attached hydrogen (secondary N) is 1. The van der Waals surface area contributed by atoms with Crippen molar-refractivity contribution in [2.45, 2.75) is 39.3 Å². The average Bonchev–Trinajstić information content (AvgIpc) is 2.76. The van der Waals surface area contributed by atoms with E-state index in [4.69, 9.17) is 0 Å². The molecular weight excluding hydrogens is 360 g/mol. The van der Waals surface area contributed by atoms with Crippen molar-refractivity contribution < 1.29 is 8.42 Å². The Balaban J connectivity index is 1.80. The molecule has 0 aliphatic carbocycles. The minimum Gasteiger partial charge on any atom is -0.309 e. The van der Waals surface area contributed by atoms with Gasteiger partial charge in [-0.2, -0.15) is 0 Å². The Morgan fingerprint density at radius 3 is 2.60 bits per heavy atom. The summed E-state index contributed by atoms with van der Waals surface area (Å²) in [5, 5.41) is 3.54. The van der Waals surface area contributed by atoms with Gasteiger partial charge in [0.25, 0.3) is 0 Å². The molecule has 0 atom stereocenters. The molecule has 0 spiro atoms. The molecule has 1 aromatic rings. The Labute approximate surface area is 133 Å². The first-order valence-electron chi connectivity index (χ1n) is 6.88. The predicted octanol–water partition coefficient (Wildman–Crippen LogP) is 2.72. The summed E-state index contributed by atoms with van der Waals surface area (Å²) in [7, 11) is -3.01. The minimum atomic E-state index is -3.01. The van der Waals surface area contributed by atoms with Crippen molar-refractivity contribution >= 4 is 37.3 Å². The Morgan fingerprint density at radius 2 is 2.10 bits per heavy atom. The van der Waals surface area contributed by atoms with Crippen LogP contribution >= 0.6 is 27.3 Å². The minimum absolute atomic E-state index is 0.202. The number of sulfonamides is 1. The highest BCUT2D eigenvalue weighted by Crippen LogP contribution is 2.26. The highest BCUT2D eigenvalue weighted by molar-refractivity contribution is 9.10. The molecule has 20 heavy (non-hydrogen) atoms. The maximum atomic E-state index is 11.8. The maximum Gasteiger partial charge on any atom is 0.213 e. The third kappa shape index (κ3) is 4.04. The molecule has 2 rings (SSSR count). The van der Waals surface area contributed by atoms with Gasteiger partial charge in [-0.05, 0) is 48.7 Å². The van der Waals surface area contributed by atoms with Gasteiger partial charge in [0.1, 0.15) is 0 Å². The van der Waals surface area contributed by atoms with Crippen LogP contribution in [0.25, 0.3) is 0 Å². The van der Waals surface area contributed by atoms with Crippen molar-refractivity contribution in [3.63, 3.8) is 0 Å². The van der Waals surface area contributed by atoms with Crippen molar-refractivity contribution in [3.8, 4) is 0 Å². The number of aryl methyl sites for hydroxylation is 1. The summed E-state index contributed by atoms with van der Waals surface area (Å²) in [6, 6.07) is 2.57.